The molecule has 5 heteroatoms. The molecular weight excluding hydrogens is 248 g/mol. The normalized spacial score (nSPS) is 12.3. The second kappa shape index (κ2) is 6.63. The predicted molar refractivity (Wildman–Crippen MR) is 74.9 cm³/mol. The van der Waals surface area contributed by atoms with E-state index in [1.165, 1.54) is 7.11 Å². The van der Waals surface area contributed by atoms with Crippen LogP contribution in [-0.2, 0) is 13.9 Å². The highest BCUT2D eigenvalue weighted by Gasteiger charge is 2.38. The van der Waals surface area contributed by atoms with Gasteiger partial charge in [0.05, 0.1) is 12.9 Å². The summed E-state index contributed by atoms with van der Waals surface area (Å²) in [4.78, 5) is 10.7. The van der Waals surface area contributed by atoms with E-state index < -0.39 is 14.5 Å². The molecule has 0 saturated heterocycles. The van der Waals surface area contributed by atoms with E-state index in [4.69, 9.17) is 9.16 Å². The molecule has 0 rings (SSSR count). The molecule has 0 aliphatic carbocycles. The first kappa shape index (κ1) is 16.8. The van der Waals surface area contributed by atoms with E-state index in [1.807, 2.05) is 0 Å². The molecule has 0 unspecified atom stereocenters. The van der Waals surface area contributed by atoms with Gasteiger partial charge >= 0.3 is 6.16 Å². The number of hydrogen-bond acceptors (Lipinski definition) is 4. The fraction of sp³-hybridized carbons (Fsp3) is 0.615. The van der Waals surface area contributed by atoms with E-state index in [9.17, 15) is 4.79 Å². The minimum Gasteiger partial charge on any atom is -0.544 e. The molecule has 0 bridgehead atoms. The molecule has 0 amide bonds. The average Bonchev–Trinajstić information content (AvgIpc) is 2.21. The SMILES string of the molecule is C=C(/C=C/COC(=O)OC)O[Si](C)(C)C(C)(C)C. The Labute approximate surface area is 111 Å². The van der Waals surface area contributed by atoms with Crippen LogP contribution in [0.1, 0.15) is 20.8 Å². The first-order chi connectivity index (χ1) is 8.10. The van der Waals surface area contributed by atoms with Crippen LogP contribution in [0.2, 0.25) is 18.1 Å². The van der Waals surface area contributed by atoms with Gasteiger partial charge in [-0.15, -0.1) is 0 Å². The number of carbonyl (C=O) groups is 1. The number of ether oxygens (including phenoxy) is 2. The van der Waals surface area contributed by atoms with Crippen molar-refractivity contribution < 1.29 is 18.7 Å². The van der Waals surface area contributed by atoms with Gasteiger partial charge < -0.3 is 13.9 Å². The van der Waals surface area contributed by atoms with Crippen LogP contribution in [0.5, 0.6) is 0 Å². The van der Waals surface area contributed by atoms with Crippen molar-refractivity contribution in [1.29, 1.82) is 0 Å². The molecule has 104 valence electrons. The van der Waals surface area contributed by atoms with E-state index in [-0.39, 0.29) is 11.6 Å². The van der Waals surface area contributed by atoms with Crippen LogP contribution in [0.15, 0.2) is 24.5 Å². The maximum absolute atomic E-state index is 10.7. The van der Waals surface area contributed by atoms with Crippen LogP contribution >= 0.6 is 0 Å². The van der Waals surface area contributed by atoms with Gasteiger partial charge in [-0.05, 0) is 30.3 Å². The zero-order valence-corrected chi connectivity index (χ0v) is 13.2. The smallest absolute Gasteiger partial charge is 0.508 e. The van der Waals surface area contributed by atoms with Gasteiger partial charge in [0.15, 0.2) is 0 Å². The molecule has 0 fully saturated rings. The number of rotatable bonds is 5. The summed E-state index contributed by atoms with van der Waals surface area (Å²) < 4.78 is 15.0. The van der Waals surface area contributed by atoms with Crippen molar-refractivity contribution in [2.75, 3.05) is 13.7 Å². The van der Waals surface area contributed by atoms with Gasteiger partial charge in [0.2, 0.25) is 8.32 Å². The lowest BCUT2D eigenvalue weighted by atomic mass is 10.2. The number of carbonyl (C=O) groups excluding carboxylic acids is 1. The summed E-state index contributed by atoms with van der Waals surface area (Å²) in [5.74, 6) is 0.593. The molecule has 0 saturated carbocycles. The van der Waals surface area contributed by atoms with Crippen molar-refractivity contribution in [3.63, 3.8) is 0 Å². The molecule has 0 aromatic heterocycles. The zero-order chi connectivity index (χ0) is 14.4. The highest BCUT2D eigenvalue weighted by atomic mass is 28.4. The van der Waals surface area contributed by atoms with Crippen LogP contribution in [0.3, 0.4) is 0 Å². The Balaban J connectivity index is 4.20. The first-order valence-electron chi connectivity index (χ1n) is 5.85. The van der Waals surface area contributed by atoms with Crippen LogP contribution in [0.4, 0.5) is 4.79 Å². The summed E-state index contributed by atoms with van der Waals surface area (Å²) in [5, 5.41) is 0.131. The third-order valence-corrected chi connectivity index (χ3v) is 7.35. The third-order valence-electron chi connectivity index (χ3n) is 2.96. The van der Waals surface area contributed by atoms with Crippen LogP contribution < -0.4 is 0 Å². The molecule has 0 radical (unpaired) electrons. The van der Waals surface area contributed by atoms with E-state index in [2.05, 4.69) is 45.2 Å². The average molecular weight is 272 g/mol. The van der Waals surface area contributed by atoms with Gasteiger partial charge in [-0.3, -0.25) is 0 Å². The summed E-state index contributed by atoms with van der Waals surface area (Å²) in [6.45, 7) is 14.8. The van der Waals surface area contributed by atoms with Crippen molar-refractivity contribution in [3.05, 3.63) is 24.5 Å². The third kappa shape index (κ3) is 5.91. The molecule has 0 aromatic carbocycles. The standard InChI is InChI=1S/C13H24O4Si/c1-11(9-8-10-16-12(14)15-5)17-18(6,7)13(2,3)4/h8-9H,1,10H2,2-7H3/b9-8+. The maximum atomic E-state index is 10.7. The molecule has 0 aliphatic rings. The molecule has 0 atom stereocenters. The van der Waals surface area contributed by atoms with E-state index >= 15 is 0 Å². The summed E-state index contributed by atoms with van der Waals surface area (Å²) >= 11 is 0. The van der Waals surface area contributed by atoms with Crippen molar-refractivity contribution in [3.8, 4) is 0 Å². The van der Waals surface area contributed by atoms with Crippen molar-refractivity contribution in [2.45, 2.75) is 38.9 Å². The lowest BCUT2D eigenvalue weighted by Gasteiger charge is -2.36. The number of methoxy groups -OCH3 is 1. The Morgan fingerprint density at radius 2 is 1.89 bits per heavy atom. The molecule has 18 heavy (non-hydrogen) atoms. The second-order valence-electron chi connectivity index (χ2n) is 5.50. The second-order valence-corrected chi connectivity index (χ2v) is 10.2. The minimum absolute atomic E-state index is 0.131. The lowest BCUT2D eigenvalue weighted by Crippen LogP contribution is -2.40. The van der Waals surface area contributed by atoms with Gasteiger partial charge in [0, 0.05) is 0 Å². The largest absolute Gasteiger partial charge is 0.544 e. The molecule has 0 spiro atoms. The van der Waals surface area contributed by atoms with Crippen LogP contribution in [0.25, 0.3) is 0 Å². The Morgan fingerprint density at radius 1 is 1.33 bits per heavy atom. The van der Waals surface area contributed by atoms with Crippen molar-refractivity contribution >= 4 is 14.5 Å². The van der Waals surface area contributed by atoms with Crippen LogP contribution in [0, 0.1) is 0 Å². The summed E-state index contributed by atoms with van der Waals surface area (Å²) in [5.41, 5.74) is 0. The van der Waals surface area contributed by atoms with E-state index in [1.54, 1.807) is 12.2 Å². The highest BCUT2D eigenvalue weighted by molar-refractivity contribution is 6.74. The Morgan fingerprint density at radius 3 is 2.33 bits per heavy atom. The maximum Gasteiger partial charge on any atom is 0.508 e. The van der Waals surface area contributed by atoms with Gasteiger partial charge in [-0.1, -0.05) is 27.4 Å². The van der Waals surface area contributed by atoms with E-state index in [0.29, 0.717) is 5.76 Å². The monoisotopic (exact) mass is 272 g/mol. The zero-order valence-electron chi connectivity index (χ0n) is 12.2. The van der Waals surface area contributed by atoms with Gasteiger partial charge in [0.1, 0.15) is 6.61 Å². The van der Waals surface area contributed by atoms with E-state index in [0.717, 1.165) is 0 Å². The Kier molecular flexibility index (Phi) is 6.18. The summed E-state index contributed by atoms with van der Waals surface area (Å²) in [7, 11) is -0.571. The molecule has 0 N–H and O–H groups in total. The van der Waals surface area contributed by atoms with Crippen molar-refractivity contribution in [2.24, 2.45) is 0 Å². The highest BCUT2D eigenvalue weighted by Crippen LogP contribution is 2.37. The summed E-state index contributed by atoms with van der Waals surface area (Å²) in [6.07, 6.45) is 2.69. The number of hydrogen-bond donors (Lipinski definition) is 0. The molecule has 0 heterocycles. The number of allylic oxidation sites excluding steroid dienone is 1. The molecular formula is C13H24O4Si. The fourth-order valence-electron chi connectivity index (χ4n) is 0.869. The Hall–Kier alpha value is -1.23. The topological polar surface area (TPSA) is 44.8 Å². The minimum atomic E-state index is -1.84. The van der Waals surface area contributed by atoms with Crippen LogP contribution in [-0.4, -0.2) is 28.2 Å². The van der Waals surface area contributed by atoms with Crippen molar-refractivity contribution in [1.82, 2.24) is 0 Å². The van der Waals surface area contributed by atoms with Gasteiger partial charge in [-0.25, -0.2) is 4.79 Å². The molecule has 0 aliphatic heterocycles. The van der Waals surface area contributed by atoms with Gasteiger partial charge in [0.25, 0.3) is 0 Å². The molecule has 0 aromatic rings. The fourth-order valence-corrected chi connectivity index (χ4v) is 1.90. The molecule has 4 nitrogen and oxygen atoms in total. The predicted octanol–water partition coefficient (Wildman–Crippen LogP) is 3.86. The quantitative estimate of drug-likeness (QED) is 0.330. The summed E-state index contributed by atoms with van der Waals surface area (Å²) in [6, 6.07) is 0. The lowest BCUT2D eigenvalue weighted by molar-refractivity contribution is 0.0817. The Bertz CT molecular complexity index is 326. The first-order valence-corrected chi connectivity index (χ1v) is 8.76. The van der Waals surface area contributed by atoms with Gasteiger partial charge in [-0.2, -0.15) is 0 Å².